The second kappa shape index (κ2) is 37.3. The predicted octanol–water partition coefficient (Wildman–Crippen LogP) is 4.82. The molecule has 0 amide bonds. The number of hydrogen-bond acceptors (Lipinski definition) is 32. The molecular formula is C68H104O32. The number of rotatable bonds is 33. The molecule has 4 aliphatic rings. The van der Waals surface area contributed by atoms with Crippen molar-refractivity contribution < 1.29 is 152 Å². The molecule has 4 saturated heterocycles. The van der Waals surface area contributed by atoms with E-state index in [1.807, 2.05) is 0 Å². The highest BCUT2D eigenvalue weighted by molar-refractivity contribution is 5.80. The van der Waals surface area contributed by atoms with Crippen LogP contribution in [0.25, 0.3) is 0 Å². The molecule has 0 N–H and O–H groups in total. The maximum atomic E-state index is 14.6. The van der Waals surface area contributed by atoms with E-state index in [2.05, 4.69) is 6.58 Å². The number of carbonyl (C=O) groups is 12. The van der Waals surface area contributed by atoms with Crippen molar-refractivity contribution in [2.24, 2.45) is 47.3 Å². The van der Waals surface area contributed by atoms with Gasteiger partial charge in [0.15, 0.2) is 42.7 Å². The normalized spacial score (nSPS) is 32.0. The monoisotopic (exact) mass is 1430 g/mol. The number of esters is 12. The SMILES string of the molecule is C=CCO[C@]1(C(=O)OC)CC(C)[C@@H](C)C([C@H](OC(C)=O)[C@@H](CO[C@]2(C(=O)OC)CC(C)[C@@H](C)C([C@H](OC(C)=O)[C@@H](CO[C@]3(C(=O)OC)CC(C)[C@@H](C)C([C@H](OC(C)=O)[C@@H](CO[C@]4(C(=O)OC)CC(C)[C@@H](C)C([C@H](OC(C)=O)[C@@H](CC)OC(C)=O)O4)OC(C)=O)O3)OC(C)=O)O2)OC(C)=O)O1. The summed E-state index contributed by atoms with van der Waals surface area (Å²) in [5.41, 5.74) is 0. The predicted molar refractivity (Wildman–Crippen MR) is 339 cm³/mol. The molecule has 0 aliphatic carbocycles. The Morgan fingerprint density at radius 3 is 0.740 bits per heavy atom. The fourth-order valence-electron chi connectivity index (χ4n) is 13.3. The van der Waals surface area contributed by atoms with Crippen molar-refractivity contribution in [2.45, 2.75) is 246 Å². The lowest BCUT2D eigenvalue weighted by Crippen LogP contribution is -2.64. The van der Waals surface area contributed by atoms with Crippen molar-refractivity contribution >= 4 is 71.6 Å². The van der Waals surface area contributed by atoms with Crippen LogP contribution in [-0.4, -0.2) is 223 Å². The molecule has 0 bridgehead atoms. The van der Waals surface area contributed by atoms with Gasteiger partial charge in [0.05, 0.1) is 54.9 Å². The minimum absolute atomic E-state index is 0.0300. The standard InChI is InChI=1S/C68H104O32/c1-23-25-85-65(61(77)81-19)26-33(3)38(8)54(97-65)58(94-46(16)74)50(90-42(12)70)30-87-67(63(79)83-21)28-35(5)40(10)56(99-67)60(96-48(18)76)52(92-44(14)72)32-88-68(64(80)84-22)29-36(6)39(9)55(100-68)59(95-47(17)75)51(91-43(13)71)31-86-66(62(78)82-20)27-34(4)37(7)53(98-66)57(93-45(15)73)49(24-2)89-41(11)69/h23,33-40,49-60H,1,24-32H2,2-22H3/t33?,34?,35?,36?,37-,38-,39-,40-,49-,50-,51-,52-,53?,54?,55?,56?,57-,58-,59-,60-,65-,66-,67-,68-/m1/s1. The van der Waals surface area contributed by atoms with Crippen LogP contribution in [0.5, 0.6) is 0 Å². The first-order valence-corrected chi connectivity index (χ1v) is 33.3. The Morgan fingerprint density at radius 2 is 0.550 bits per heavy atom. The van der Waals surface area contributed by atoms with Crippen LogP contribution in [0.4, 0.5) is 0 Å². The van der Waals surface area contributed by atoms with E-state index < -0.39 is 235 Å². The largest absolute Gasteiger partial charge is 0.465 e. The summed E-state index contributed by atoms with van der Waals surface area (Å²) in [6.07, 6.45) is -17.8. The van der Waals surface area contributed by atoms with Gasteiger partial charge in [-0.05, 0) is 53.8 Å². The van der Waals surface area contributed by atoms with Gasteiger partial charge in [0.25, 0.3) is 23.1 Å². The molecule has 100 heavy (non-hydrogen) atoms. The van der Waals surface area contributed by atoms with E-state index >= 15 is 0 Å². The Morgan fingerprint density at radius 1 is 0.350 bits per heavy atom. The van der Waals surface area contributed by atoms with Crippen molar-refractivity contribution in [3.8, 4) is 0 Å². The Balaban J connectivity index is 1.86. The smallest absolute Gasteiger partial charge is 0.366 e. The molecule has 32 nitrogen and oxygen atoms in total. The number of ether oxygens (including phenoxy) is 20. The second-order valence-electron chi connectivity index (χ2n) is 26.3. The van der Waals surface area contributed by atoms with Crippen molar-refractivity contribution in [3.05, 3.63) is 12.7 Å². The molecule has 0 aromatic carbocycles. The molecule has 4 fully saturated rings. The molecule has 0 saturated carbocycles. The zero-order valence-electron chi connectivity index (χ0n) is 61.3. The summed E-state index contributed by atoms with van der Waals surface area (Å²) in [7, 11) is 4.21. The average Bonchev–Trinajstić information content (AvgIpc) is 0.777. The van der Waals surface area contributed by atoms with Gasteiger partial charge in [0, 0.05) is 81.1 Å². The van der Waals surface area contributed by atoms with Crippen LogP contribution in [0.15, 0.2) is 12.7 Å². The molecule has 4 heterocycles. The molecule has 0 spiro atoms. The Labute approximate surface area is 583 Å². The van der Waals surface area contributed by atoms with E-state index in [1.54, 1.807) is 62.3 Å². The lowest BCUT2D eigenvalue weighted by Gasteiger charge is -2.50. The zero-order chi connectivity index (χ0) is 75.7. The molecule has 0 radical (unpaired) electrons. The molecule has 32 heteroatoms. The lowest BCUT2D eigenvalue weighted by atomic mass is 9.78. The molecule has 4 rings (SSSR count). The quantitative estimate of drug-likeness (QED) is 0.0482. The van der Waals surface area contributed by atoms with Gasteiger partial charge in [-0.25, -0.2) is 19.2 Å². The molecule has 0 aromatic heterocycles. The maximum Gasteiger partial charge on any atom is 0.366 e. The van der Waals surface area contributed by atoms with Crippen LogP contribution in [0, 0.1) is 47.3 Å². The van der Waals surface area contributed by atoms with Crippen molar-refractivity contribution in [1.29, 1.82) is 0 Å². The van der Waals surface area contributed by atoms with Gasteiger partial charge in [-0.15, -0.1) is 6.58 Å². The molecular weight excluding hydrogens is 1330 g/mol. The van der Waals surface area contributed by atoms with E-state index in [4.69, 9.17) is 94.7 Å². The van der Waals surface area contributed by atoms with Crippen LogP contribution in [-0.2, 0) is 152 Å². The van der Waals surface area contributed by atoms with E-state index in [0.29, 0.717) is 0 Å². The van der Waals surface area contributed by atoms with Gasteiger partial charge in [0.2, 0.25) is 0 Å². The van der Waals surface area contributed by atoms with Gasteiger partial charge in [0.1, 0.15) is 30.5 Å². The Hall–Kier alpha value is -6.94. The van der Waals surface area contributed by atoms with Gasteiger partial charge in [-0.3, -0.25) is 38.4 Å². The highest BCUT2D eigenvalue weighted by Gasteiger charge is 2.62. The van der Waals surface area contributed by atoms with Crippen LogP contribution in [0.1, 0.15) is 150 Å². The third kappa shape index (κ3) is 21.3. The fraction of sp³-hybridized carbons (Fsp3) is 0.794. The summed E-state index contributed by atoms with van der Waals surface area (Å²) in [6.45, 7) is 24.9. The third-order valence-electron chi connectivity index (χ3n) is 18.8. The van der Waals surface area contributed by atoms with E-state index in [-0.39, 0.29) is 38.7 Å². The second-order valence-corrected chi connectivity index (χ2v) is 26.3. The van der Waals surface area contributed by atoms with E-state index in [0.717, 1.165) is 76.9 Å². The summed E-state index contributed by atoms with van der Waals surface area (Å²) in [6, 6.07) is 0. The summed E-state index contributed by atoms with van der Waals surface area (Å²) >= 11 is 0. The molecule has 24 atom stereocenters. The zero-order valence-corrected chi connectivity index (χ0v) is 61.3. The molecule has 568 valence electrons. The van der Waals surface area contributed by atoms with Gasteiger partial charge >= 0.3 is 71.6 Å². The van der Waals surface area contributed by atoms with Crippen LogP contribution in [0.2, 0.25) is 0 Å². The fourth-order valence-corrected chi connectivity index (χ4v) is 13.3. The highest BCUT2D eigenvalue weighted by atomic mass is 16.8. The van der Waals surface area contributed by atoms with Gasteiger partial charge < -0.3 is 94.7 Å². The van der Waals surface area contributed by atoms with E-state index in [9.17, 15) is 57.5 Å². The first-order chi connectivity index (χ1) is 46.7. The van der Waals surface area contributed by atoms with Crippen molar-refractivity contribution in [1.82, 2.24) is 0 Å². The van der Waals surface area contributed by atoms with Crippen molar-refractivity contribution in [3.63, 3.8) is 0 Å². The minimum Gasteiger partial charge on any atom is -0.465 e. The number of hydrogen-bond donors (Lipinski definition) is 0. The molecule has 0 aromatic rings. The first-order valence-electron chi connectivity index (χ1n) is 33.3. The topological polar surface area (TPSA) is 389 Å². The Kier molecular flexibility index (Phi) is 31.9. The van der Waals surface area contributed by atoms with Crippen LogP contribution >= 0.6 is 0 Å². The first kappa shape index (κ1) is 85.5. The third-order valence-corrected chi connectivity index (χ3v) is 18.8. The highest BCUT2D eigenvalue weighted by Crippen LogP contribution is 2.47. The summed E-state index contributed by atoms with van der Waals surface area (Å²) in [4.78, 5) is 162. The van der Waals surface area contributed by atoms with Crippen LogP contribution < -0.4 is 0 Å². The number of carbonyl (C=O) groups excluding carboxylic acids is 12. The summed E-state index contributed by atoms with van der Waals surface area (Å²) < 4.78 is 120. The van der Waals surface area contributed by atoms with Gasteiger partial charge in [-0.1, -0.05) is 68.4 Å². The number of methoxy groups -OCH3 is 4. The molecule has 8 unspecified atom stereocenters. The molecule has 4 aliphatic heterocycles. The van der Waals surface area contributed by atoms with Crippen LogP contribution in [0.3, 0.4) is 0 Å². The lowest BCUT2D eigenvalue weighted by molar-refractivity contribution is -0.335. The minimum atomic E-state index is -2.59. The Bertz CT molecular complexity index is 2880. The average molecular weight is 1430 g/mol. The summed E-state index contributed by atoms with van der Waals surface area (Å²) in [5, 5.41) is 0. The van der Waals surface area contributed by atoms with E-state index in [1.165, 1.54) is 13.0 Å². The van der Waals surface area contributed by atoms with Gasteiger partial charge in [-0.2, -0.15) is 0 Å². The summed E-state index contributed by atoms with van der Waals surface area (Å²) in [5.74, 6) is -26.1. The maximum absolute atomic E-state index is 14.6. The van der Waals surface area contributed by atoms with Crippen molar-refractivity contribution in [2.75, 3.05) is 54.9 Å².